The normalized spacial score (nSPS) is 24.7. The summed E-state index contributed by atoms with van der Waals surface area (Å²) in [5.41, 5.74) is 6.04. The van der Waals surface area contributed by atoms with Crippen LogP contribution in [0.4, 0.5) is 10.5 Å². The van der Waals surface area contributed by atoms with E-state index in [1.807, 2.05) is 31.2 Å². The van der Waals surface area contributed by atoms with Crippen LogP contribution >= 0.6 is 15.9 Å². The molecule has 1 unspecified atom stereocenters. The highest BCUT2D eigenvalue weighted by Gasteiger charge is 2.44. The number of para-hydroxylation sites is 1. The lowest BCUT2D eigenvalue weighted by molar-refractivity contribution is 0.174. The molecule has 1 aliphatic heterocycles. The summed E-state index contributed by atoms with van der Waals surface area (Å²) >= 11 is 3.42. The number of carbonyl (C=O) groups is 1. The largest absolute Gasteiger partial charge is 0.447 e. The van der Waals surface area contributed by atoms with E-state index in [0.717, 1.165) is 10.2 Å². The first kappa shape index (κ1) is 11.4. The molecule has 1 amide bonds. The van der Waals surface area contributed by atoms with E-state index in [0.29, 0.717) is 13.2 Å². The average molecular weight is 285 g/mol. The molecule has 0 aromatic heterocycles. The number of halogens is 1. The number of carbonyl (C=O) groups excluding carboxylic acids is 1. The van der Waals surface area contributed by atoms with Gasteiger partial charge in [-0.05, 0) is 35.0 Å². The van der Waals surface area contributed by atoms with Crippen molar-refractivity contribution in [2.24, 2.45) is 5.73 Å². The van der Waals surface area contributed by atoms with Crippen LogP contribution in [0, 0.1) is 0 Å². The molecule has 16 heavy (non-hydrogen) atoms. The molecule has 1 fully saturated rings. The lowest BCUT2D eigenvalue weighted by Crippen LogP contribution is -2.50. The highest BCUT2D eigenvalue weighted by atomic mass is 79.9. The summed E-state index contributed by atoms with van der Waals surface area (Å²) in [4.78, 5) is 13.3. The third-order valence-corrected chi connectivity index (χ3v) is 3.43. The van der Waals surface area contributed by atoms with Crippen molar-refractivity contribution in [2.75, 3.05) is 18.1 Å². The fraction of sp³-hybridized carbons (Fsp3) is 0.364. The molecule has 5 heteroatoms. The zero-order valence-electron chi connectivity index (χ0n) is 8.94. The van der Waals surface area contributed by atoms with Gasteiger partial charge in [-0.1, -0.05) is 12.1 Å². The number of amides is 1. The van der Waals surface area contributed by atoms with Crippen molar-refractivity contribution in [3.8, 4) is 0 Å². The van der Waals surface area contributed by atoms with Gasteiger partial charge in [0, 0.05) is 11.0 Å². The van der Waals surface area contributed by atoms with Crippen LogP contribution in [0.15, 0.2) is 28.7 Å². The molecule has 0 aliphatic carbocycles. The molecule has 0 bridgehead atoms. The van der Waals surface area contributed by atoms with Crippen LogP contribution in [0.5, 0.6) is 0 Å². The van der Waals surface area contributed by atoms with E-state index in [9.17, 15) is 4.79 Å². The van der Waals surface area contributed by atoms with E-state index < -0.39 is 5.54 Å². The molecule has 1 aliphatic rings. The number of hydrogen-bond acceptors (Lipinski definition) is 3. The Hall–Kier alpha value is -1.07. The van der Waals surface area contributed by atoms with Gasteiger partial charge >= 0.3 is 6.09 Å². The first-order valence-electron chi connectivity index (χ1n) is 5.00. The minimum atomic E-state index is -0.471. The van der Waals surface area contributed by atoms with Crippen LogP contribution in [0.1, 0.15) is 6.92 Å². The van der Waals surface area contributed by atoms with Crippen molar-refractivity contribution >= 4 is 27.7 Å². The SMILES string of the molecule is CC1(CN)COC(=O)N1c1ccccc1Br. The summed E-state index contributed by atoms with van der Waals surface area (Å²) in [5.74, 6) is 0. The zero-order chi connectivity index (χ0) is 11.8. The van der Waals surface area contributed by atoms with Crippen LogP contribution in [-0.4, -0.2) is 24.8 Å². The molecule has 0 spiro atoms. The average Bonchev–Trinajstić information content (AvgIpc) is 2.57. The number of rotatable bonds is 2. The Morgan fingerprint density at radius 3 is 2.88 bits per heavy atom. The molecular weight excluding hydrogens is 272 g/mol. The van der Waals surface area contributed by atoms with Gasteiger partial charge in [-0.2, -0.15) is 0 Å². The summed E-state index contributed by atoms with van der Waals surface area (Å²) < 4.78 is 5.92. The van der Waals surface area contributed by atoms with Gasteiger partial charge in [-0.15, -0.1) is 0 Å². The van der Waals surface area contributed by atoms with Crippen molar-refractivity contribution in [1.29, 1.82) is 0 Å². The maximum absolute atomic E-state index is 11.7. The maximum atomic E-state index is 11.7. The van der Waals surface area contributed by atoms with Gasteiger partial charge in [0.05, 0.1) is 11.2 Å². The lowest BCUT2D eigenvalue weighted by atomic mass is 10.0. The van der Waals surface area contributed by atoms with Crippen LogP contribution < -0.4 is 10.6 Å². The quantitative estimate of drug-likeness (QED) is 0.905. The Labute approximate surface area is 102 Å². The number of nitrogens with zero attached hydrogens (tertiary/aromatic N) is 1. The van der Waals surface area contributed by atoms with Crippen molar-refractivity contribution in [1.82, 2.24) is 0 Å². The molecule has 1 aromatic carbocycles. The van der Waals surface area contributed by atoms with Crippen LogP contribution in [0.25, 0.3) is 0 Å². The van der Waals surface area contributed by atoms with Crippen molar-refractivity contribution in [2.45, 2.75) is 12.5 Å². The molecule has 86 valence electrons. The molecule has 0 saturated carbocycles. The van der Waals surface area contributed by atoms with Crippen LogP contribution in [0.3, 0.4) is 0 Å². The van der Waals surface area contributed by atoms with Gasteiger partial charge in [-0.25, -0.2) is 4.79 Å². The number of hydrogen-bond donors (Lipinski definition) is 1. The van der Waals surface area contributed by atoms with E-state index in [2.05, 4.69) is 15.9 Å². The Bertz CT molecular complexity index is 424. The highest BCUT2D eigenvalue weighted by molar-refractivity contribution is 9.10. The minimum absolute atomic E-state index is 0.323. The first-order chi connectivity index (χ1) is 7.58. The van der Waals surface area contributed by atoms with E-state index >= 15 is 0 Å². The fourth-order valence-electron chi connectivity index (χ4n) is 1.74. The molecule has 2 N–H and O–H groups in total. The number of cyclic esters (lactones) is 1. The molecule has 1 heterocycles. The van der Waals surface area contributed by atoms with Crippen LogP contribution in [-0.2, 0) is 4.74 Å². The standard InChI is InChI=1S/C11H13BrN2O2/c1-11(6-13)7-16-10(15)14(11)9-5-3-2-4-8(9)12/h2-5H,6-7,13H2,1H3. The van der Waals surface area contributed by atoms with Crippen molar-refractivity contribution < 1.29 is 9.53 Å². The predicted molar refractivity (Wildman–Crippen MR) is 65.4 cm³/mol. The minimum Gasteiger partial charge on any atom is -0.447 e. The van der Waals surface area contributed by atoms with Crippen molar-refractivity contribution in [3.63, 3.8) is 0 Å². The van der Waals surface area contributed by atoms with Gasteiger partial charge in [0.1, 0.15) is 6.61 Å². The summed E-state index contributed by atoms with van der Waals surface area (Å²) in [5, 5.41) is 0. The number of nitrogens with two attached hydrogens (primary N) is 1. The maximum Gasteiger partial charge on any atom is 0.415 e. The van der Waals surface area contributed by atoms with Crippen molar-refractivity contribution in [3.05, 3.63) is 28.7 Å². The molecule has 1 aromatic rings. The van der Waals surface area contributed by atoms with Gasteiger partial charge < -0.3 is 10.5 Å². The smallest absolute Gasteiger partial charge is 0.415 e. The van der Waals surface area contributed by atoms with Gasteiger partial charge in [0.25, 0.3) is 0 Å². The topological polar surface area (TPSA) is 55.6 Å². The molecule has 1 atom stereocenters. The summed E-state index contributed by atoms with van der Waals surface area (Å²) in [6, 6.07) is 7.53. The fourth-order valence-corrected chi connectivity index (χ4v) is 2.20. The van der Waals surface area contributed by atoms with Gasteiger partial charge in [0.15, 0.2) is 0 Å². The lowest BCUT2D eigenvalue weighted by Gasteiger charge is -2.31. The predicted octanol–water partition coefficient (Wildman–Crippen LogP) is 2.12. The number of ether oxygens (including phenoxy) is 1. The first-order valence-corrected chi connectivity index (χ1v) is 5.79. The Kier molecular flexibility index (Phi) is 2.90. The molecule has 0 radical (unpaired) electrons. The molecule has 4 nitrogen and oxygen atoms in total. The highest BCUT2D eigenvalue weighted by Crippen LogP contribution is 2.34. The van der Waals surface area contributed by atoms with E-state index in [-0.39, 0.29) is 6.09 Å². The summed E-state index contributed by atoms with van der Waals surface area (Å²) in [7, 11) is 0. The van der Waals surface area contributed by atoms with Crippen LogP contribution in [0.2, 0.25) is 0 Å². The summed E-state index contributed by atoms with van der Waals surface area (Å²) in [6.45, 7) is 2.60. The molecule has 2 rings (SSSR count). The second-order valence-electron chi connectivity index (χ2n) is 4.04. The molecular formula is C11H13BrN2O2. The third kappa shape index (κ3) is 1.70. The van der Waals surface area contributed by atoms with E-state index in [1.165, 1.54) is 0 Å². The third-order valence-electron chi connectivity index (χ3n) is 2.76. The van der Waals surface area contributed by atoms with E-state index in [1.54, 1.807) is 4.90 Å². The van der Waals surface area contributed by atoms with Gasteiger partial charge in [0.2, 0.25) is 0 Å². The summed E-state index contributed by atoms with van der Waals surface area (Å²) in [6.07, 6.45) is -0.347. The number of benzene rings is 1. The zero-order valence-corrected chi connectivity index (χ0v) is 10.5. The van der Waals surface area contributed by atoms with Gasteiger partial charge in [-0.3, -0.25) is 4.90 Å². The Morgan fingerprint density at radius 2 is 2.25 bits per heavy atom. The second kappa shape index (κ2) is 4.07. The monoisotopic (exact) mass is 284 g/mol. The Morgan fingerprint density at radius 1 is 1.56 bits per heavy atom. The second-order valence-corrected chi connectivity index (χ2v) is 4.90. The Balaban J connectivity index is 2.46. The number of anilines is 1. The molecule has 1 saturated heterocycles. The van der Waals surface area contributed by atoms with E-state index in [4.69, 9.17) is 10.5 Å².